The van der Waals surface area contributed by atoms with Gasteiger partial charge >= 0.3 is 0 Å². The van der Waals surface area contributed by atoms with Crippen molar-refractivity contribution in [3.8, 4) is 0 Å². The van der Waals surface area contributed by atoms with Crippen molar-refractivity contribution in [3.05, 3.63) is 41.1 Å². The zero-order valence-corrected chi connectivity index (χ0v) is 9.32. The maximum Gasteiger partial charge on any atom is 0.238 e. The van der Waals surface area contributed by atoms with Crippen molar-refractivity contribution in [1.82, 2.24) is 0 Å². The molecule has 88 valence electrons. The summed E-state index contributed by atoms with van der Waals surface area (Å²) in [7, 11) is -3.91. The standard InChI is InChI=1S/C10H8N2O4S/c11-8-4-9(13)7-3-5(17(12,15)16)1-2-6(7)10(8)14/h1-4H,11H2,(H2,12,15,16). The monoisotopic (exact) mass is 252 g/mol. The quantitative estimate of drug-likeness (QED) is 0.701. The van der Waals surface area contributed by atoms with Crippen LogP contribution in [0.4, 0.5) is 0 Å². The molecule has 0 amide bonds. The summed E-state index contributed by atoms with van der Waals surface area (Å²) in [5, 5.41) is 4.93. The first-order chi connectivity index (χ1) is 7.80. The highest BCUT2D eigenvalue weighted by atomic mass is 32.2. The lowest BCUT2D eigenvalue weighted by atomic mass is 9.93. The average Bonchev–Trinajstić information content (AvgIpc) is 2.24. The van der Waals surface area contributed by atoms with Crippen LogP contribution in [0.3, 0.4) is 0 Å². The van der Waals surface area contributed by atoms with E-state index < -0.39 is 21.6 Å². The second kappa shape index (κ2) is 3.51. The highest BCUT2D eigenvalue weighted by Gasteiger charge is 2.25. The van der Waals surface area contributed by atoms with Crippen molar-refractivity contribution < 1.29 is 18.0 Å². The minimum Gasteiger partial charge on any atom is -0.395 e. The van der Waals surface area contributed by atoms with E-state index in [9.17, 15) is 18.0 Å². The minimum absolute atomic E-state index is 0.00396. The number of carbonyl (C=O) groups is 2. The average molecular weight is 252 g/mol. The number of fused-ring (bicyclic) bond motifs is 1. The summed E-state index contributed by atoms with van der Waals surface area (Å²) in [6, 6.07) is 3.47. The van der Waals surface area contributed by atoms with E-state index in [1.807, 2.05) is 0 Å². The summed E-state index contributed by atoms with van der Waals surface area (Å²) in [5.74, 6) is -1.01. The molecule has 7 heteroatoms. The highest BCUT2D eigenvalue weighted by molar-refractivity contribution is 7.89. The van der Waals surface area contributed by atoms with Crippen LogP contribution in [0.1, 0.15) is 20.7 Å². The van der Waals surface area contributed by atoms with Crippen LogP contribution in [-0.4, -0.2) is 20.0 Å². The fourth-order valence-electron chi connectivity index (χ4n) is 1.54. The largest absolute Gasteiger partial charge is 0.395 e. The summed E-state index contributed by atoms with van der Waals surface area (Å²) in [4.78, 5) is 23.0. The van der Waals surface area contributed by atoms with Gasteiger partial charge < -0.3 is 5.73 Å². The Kier molecular flexibility index (Phi) is 2.37. The predicted octanol–water partition coefficient (Wildman–Crippen LogP) is -0.444. The molecule has 0 aromatic heterocycles. The van der Waals surface area contributed by atoms with Crippen molar-refractivity contribution in [2.75, 3.05) is 0 Å². The Labute approximate surface area is 97.0 Å². The minimum atomic E-state index is -3.91. The smallest absolute Gasteiger partial charge is 0.238 e. The van der Waals surface area contributed by atoms with Gasteiger partial charge in [0.2, 0.25) is 15.8 Å². The first kappa shape index (κ1) is 11.5. The zero-order valence-electron chi connectivity index (χ0n) is 8.51. The molecule has 1 aromatic rings. The van der Waals surface area contributed by atoms with Crippen LogP contribution in [0.2, 0.25) is 0 Å². The molecule has 0 unspecified atom stereocenters. The Morgan fingerprint density at radius 3 is 2.29 bits per heavy atom. The molecule has 6 nitrogen and oxygen atoms in total. The Balaban J connectivity index is 2.69. The SMILES string of the molecule is NC1=CC(=O)c2cc(S(N)(=O)=O)ccc2C1=O. The van der Waals surface area contributed by atoms with E-state index in [1.165, 1.54) is 6.07 Å². The van der Waals surface area contributed by atoms with E-state index in [0.29, 0.717) is 0 Å². The van der Waals surface area contributed by atoms with Crippen LogP contribution in [0.15, 0.2) is 34.9 Å². The first-order valence-corrected chi connectivity index (χ1v) is 6.08. The molecule has 0 atom stereocenters. The zero-order chi connectivity index (χ0) is 12.8. The van der Waals surface area contributed by atoms with Gasteiger partial charge in [0.1, 0.15) is 0 Å². The van der Waals surface area contributed by atoms with Crippen LogP contribution < -0.4 is 10.9 Å². The summed E-state index contributed by atoms with van der Waals surface area (Å²) in [6.07, 6.45) is 0.970. The molecule has 0 radical (unpaired) electrons. The van der Waals surface area contributed by atoms with Crippen LogP contribution in [0.25, 0.3) is 0 Å². The summed E-state index contributed by atoms with van der Waals surface area (Å²) >= 11 is 0. The van der Waals surface area contributed by atoms with Crippen LogP contribution >= 0.6 is 0 Å². The fraction of sp³-hybridized carbons (Fsp3) is 0. The van der Waals surface area contributed by atoms with E-state index in [1.54, 1.807) is 0 Å². The lowest BCUT2D eigenvalue weighted by molar-refractivity contribution is 0.0983. The molecule has 0 fully saturated rings. The molecule has 4 N–H and O–H groups in total. The Hall–Kier alpha value is -1.99. The van der Waals surface area contributed by atoms with Crippen molar-refractivity contribution in [2.45, 2.75) is 4.90 Å². The van der Waals surface area contributed by atoms with Crippen LogP contribution in [0, 0.1) is 0 Å². The van der Waals surface area contributed by atoms with Gasteiger partial charge in [-0.3, -0.25) is 9.59 Å². The highest BCUT2D eigenvalue weighted by Crippen LogP contribution is 2.22. The van der Waals surface area contributed by atoms with Gasteiger partial charge in [-0.05, 0) is 18.2 Å². The number of nitrogens with two attached hydrogens (primary N) is 2. The fourth-order valence-corrected chi connectivity index (χ4v) is 2.08. The van der Waals surface area contributed by atoms with E-state index in [0.717, 1.165) is 18.2 Å². The number of benzene rings is 1. The van der Waals surface area contributed by atoms with Crippen molar-refractivity contribution in [1.29, 1.82) is 0 Å². The molecule has 0 aliphatic heterocycles. The van der Waals surface area contributed by atoms with Gasteiger partial charge in [0.25, 0.3) is 0 Å². The molecule has 1 aliphatic carbocycles. The second-order valence-electron chi connectivity index (χ2n) is 3.55. The summed E-state index contributed by atoms with van der Waals surface area (Å²) in [5.41, 5.74) is 5.28. The number of ketones is 2. The molecule has 0 spiro atoms. The Bertz CT molecular complexity index is 674. The van der Waals surface area contributed by atoms with Gasteiger partial charge in [0.05, 0.1) is 10.6 Å². The lowest BCUT2D eigenvalue weighted by Crippen LogP contribution is -2.22. The maximum absolute atomic E-state index is 11.6. The van der Waals surface area contributed by atoms with Gasteiger partial charge in [-0.2, -0.15) is 0 Å². The summed E-state index contributed by atoms with van der Waals surface area (Å²) < 4.78 is 22.2. The van der Waals surface area contributed by atoms with E-state index in [-0.39, 0.29) is 21.7 Å². The third-order valence-electron chi connectivity index (χ3n) is 2.38. The van der Waals surface area contributed by atoms with Crippen LogP contribution in [-0.2, 0) is 10.0 Å². The third-order valence-corrected chi connectivity index (χ3v) is 3.29. The number of hydrogen-bond acceptors (Lipinski definition) is 5. The third kappa shape index (κ3) is 1.85. The molecule has 0 saturated heterocycles. The van der Waals surface area contributed by atoms with Gasteiger partial charge in [0.15, 0.2) is 5.78 Å². The normalized spacial score (nSPS) is 15.5. The van der Waals surface area contributed by atoms with Gasteiger partial charge in [-0.25, -0.2) is 13.6 Å². The molecule has 0 saturated carbocycles. The molecule has 17 heavy (non-hydrogen) atoms. The number of sulfonamides is 1. The number of rotatable bonds is 1. The number of primary sulfonamides is 1. The molecular formula is C10H8N2O4S. The predicted molar refractivity (Wildman–Crippen MR) is 58.7 cm³/mol. The lowest BCUT2D eigenvalue weighted by Gasteiger charge is -2.12. The van der Waals surface area contributed by atoms with Gasteiger partial charge in [0, 0.05) is 17.2 Å². The number of carbonyl (C=O) groups excluding carboxylic acids is 2. The number of Topliss-reactive ketones (excluding diaryl/α,β-unsaturated/α-hetero) is 1. The molecule has 1 aliphatic rings. The first-order valence-electron chi connectivity index (χ1n) is 4.54. The number of hydrogen-bond donors (Lipinski definition) is 2. The van der Waals surface area contributed by atoms with Gasteiger partial charge in [-0.1, -0.05) is 0 Å². The maximum atomic E-state index is 11.6. The molecule has 0 bridgehead atoms. The molecule has 0 heterocycles. The molecular weight excluding hydrogens is 244 g/mol. The molecule has 1 aromatic carbocycles. The second-order valence-corrected chi connectivity index (χ2v) is 5.11. The molecule has 2 rings (SSSR count). The summed E-state index contributed by atoms with van der Waals surface area (Å²) in [6.45, 7) is 0. The van der Waals surface area contributed by atoms with Crippen molar-refractivity contribution in [3.63, 3.8) is 0 Å². The Morgan fingerprint density at radius 1 is 1.06 bits per heavy atom. The number of allylic oxidation sites excluding steroid dienone is 2. The Morgan fingerprint density at radius 2 is 1.71 bits per heavy atom. The van der Waals surface area contributed by atoms with Crippen LogP contribution in [0.5, 0.6) is 0 Å². The van der Waals surface area contributed by atoms with Crippen molar-refractivity contribution >= 4 is 21.6 Å². The van der Waals surface area contributed by atoms with Crippen molar-refractivity contribution in [2.24, 2.45) is 10.9 Å². The van der Waals surface area contributed by atoms with Gasteiger partial charge in [-0.15, -0.1) is 0 Å². The van der Waals surface area contributed by atoms with E-state index in [4.69, 9.17) is 10.9 Å². The topological polar surface area (TPSA) is 120 Å². The van der Waals surface area contributed by atoms with E-state index >= 15 is 0 Å². The van der Waals surface area contributed by atoms with E-state index in [2.05, 4.69) is 0 Å².